The smallest absolute Gasteiger partial charge is 0.321 e. The number of carbonyl (C=O) groups excluding carboxylic acids is 1. The number of rotatable bonds is 4. The molecule has 1 fully saturated rings. The zero-order valence-corrected chi connectivity index (χ0v) is 17.9. The van der Waals surface area contributed by atoms with Crippen LogP contribution in [0.4, 0.5) is 10.5 Å². The third kappa shape index (κ3) is 4.20. The quantitative estimate of drug-likeness (QED) is 0.805. The van der Waals surface area contributed by atoms with Gasteiger partial charge in [0.25, 0.3) is 0 Å². The van der Waals surface area contributed by atoms with Crippen molar-refractivity contribution in [1.82, 2.24) is 19.6 Å². The molecular formula is C22H29N5O4. The van der Waals surface area contributed by atoms with Crippen molar-refractivity contribution in [2.24, 2.45) is 0 Å². The van der Waals surface area contributed by atoms with Gasteiger partial charge in [0.05, 0.1) is 18.9 Å². The first kappa shape index (κ1) is 20.1. The van der Waals surface area contributed by atoms with E-state index in [1.165, 1.54) is 11.3 Å². The van der Waals surface area contributed by atoms with Gasteiger partial charge < -0.3 is 24.4 Å². The van der Waals surface area contributed by atoms with E-state index in [0.717, 1.165) is 50.7 Å². The van der Waals surface area contributed by atoms with Gasteiger partial charge in [0, 0.05) is 68.7 Å². The summed E-state index contributed by atoms with van der Waals surface area (Å²) < 4.78 is 18.9. The Hall–Kier alpha value is -2.78. The van der Waals surface area contributed by atoms with Gasteiger partial charge >= 0.3 is 6.03 Å². The summed E-state index contributed by atoms with van der Waals surface area (Å²) in [6.07, 6.45) is 0.935. The van der Waals surface area contributed by atoms with Crippen LogP contribution < -0.4 is 14.8 Å². The van der Waals surface area contributed by atoms with E-state index in [-0.39, 0.29) is 6.03 Å². The maximum Gasteiger partial charge on any atom is 0.321 e. The molecule has 0 saturated carbocycles. The van der Waals surface area contributed by atoms with E-state index in [4.69, 9.17) is 19.3 Å². The highest BCUT2D eigenvalue weighted by Crippen LogP contribution is 2.32. The molecule has 4 heterocycles. The number of amides is 2. The lowest BCUT2D eigenvalue weighted by atomic mass is 10.1. The van der Waals surface area contributed by atoms with Crippen LogP contribution in [-0.4, -0.2) is 71.6 Å². The van der Waals surface area contributed by atoms with Gasteiger partial charge in [0.2, 0.25) is 0 Å². The molecule has 1 saturated heterocycles. The first-order valence-corrected chi connectivity index (χ1v) is 11.0. The fourth-order valence-corrected chi connectivity index (χ4v) is 4.41. The molecule has 1 aromatic heterocycles. The van der Waals surface area contributed by atoms with Crippen molar-refractivity contribution in [2.45, 2.75) is 33.0 Å². The summed E-state index contributed by atoms with van der Waals surface area (Å²) in [4.78, 5) is 17.0. The van der Waals surface area contributed by atoms with Crippen LogP contribution >= 0.6 is 0 Å². The number of hydrogen-bond acceptors (Lipinski definition) is 6. The minimum absolute atomic E-state index is 0.0858. The Bertz CT molecular complexity index is 952. The Balaban J connectivity index is 1.16. The van der Waals surface area contributed by atoms with E-state index in [1.54, 1.807) is 0 Å². The monoisotopic (exact) mass is 427 g/mol. The zero-order chi connectivity index (χ0) is 21.2. The number of urea groups is 1. The van der Waals surface area contributed by atoms with Crippen molar-refractivity contribution in [3.8, 4) is 11.5 Å². The van der Waals surface area contributed by atoms with Crippen molar-refractivity contribution < 1.29 is 19.0 Å². The Labute approximate surface area is 181 Å². The topological polar surface area (TPSA) is 81.1 Å². The average molecular weight is 428 g/mol. The summed E-state index contributed by atoms with van der Waals surface area (Å²) in [6, 6.07) is 5.41. The molecule has 3 aliphatic heterocycles. The third-order valence-electron chi connectivity index (χ3n) is 6.11. The summed E-state index contributed by atoms with van der Waals surface area (Å²) in [5.41, 5.74) is 4.41. The van der Waals surface area contributed by atoms with E-state index in [2.05, 4.69) is 21.8 Å². The fourth-order valence-electron chi connectivity index (χ4n) is 4.41. The number of aromatic nitrogens is 2. The van der Waals surface area contributed by atoms with Crippen LogP contribution in [0.5, 0.6) is 11.5 Å². The first-order chi connectivity index (χ1) is 15.2. The van der Waals surface area contributed by atoms with Gasteiger partial charge in [-0.15, -0.1) is 0 Å². The summed E-state index contributed by atoms with van der Waals surface area (Å²) in [6.45, 7) is 9.34. The Morgan fingerprint density at radius 1 is 1.10 bits per heavy atom. The number of anilines is 1. The lowest BCUT2D eigenvalue weighted by Crippen LogP contribution is -2.49. The van der Waals surface area contributed by atoms with Crippen LogP contribution in [0.3, 0.4) is 0 Å². The van der Waals surface area contributed by atoms with Crippen LogP contribution in [-0.2, 0) is 30.9 Å². The molecule has 0 radical (unpaired) electrons. The van der Waals surface area contributed by atoms with Crippen molar-refractivity contribution in [3.63, 3.8) is 0 Å². The number of ether oxygens (including phenoxy) is 3. The molecule has 0 bridgehead atoms. The second-order valence-electron chi connectivity index (χ2n) is 8.04. The normalized spacial score (nSPS) is 18.5. The maximum absolute atomic E-state index is 12.7. The van der Waals surface area contributed by atoms with Crippen molar-refractivity contribution in [2.75, 3.05) is 51.3 Å². The van der Waals surface area contributed by atoms with Crippen LogP contribution in [0.15, 0.2) is 18.2 Å². The van der Waals surface area contributed by atoms with Gasteiger partial charge in [0.15, 0.2) is 11.5 Å². The van der Waals surface area contributed by atoms with E-state index in [1.807, 2.05) is 23.1 Å². The van der Waals surface area contributed by atoms with Crippen LogP contribution in [0.2, 0.25) is 0 Å². The van der Waals surface area contributed by atoms with Crippen LogP contribution in [0.1, 0.15) is 23.9 Å². The first-order valence-electron chi connectivity index (χ1n) is 11.0. The highest BCUT2D eigenvalue weighted by atomic mass is 16.6. The maximum atomic E-state index is 12.7. The molecular weight excluding hydrogens is 398 g/mol. The van der Waals surface area contributed by atoms with Gasteiger partial charge in [-0.25, -0.2) is 4.79 Å². The SMILES string of the molecule is CCn1nc(CN2CCN(C(=O)Nc3ccc4c(c3)OCCO4)CC2)c2c1CCOC2. The van der Waals surface area contributed by atoms with E-state index in [0.29, 0.717) is 44.3 Å². The minimum Gasteiger partial charge on any atom is -0.486 e. The number of piperazine rings is 1. The summed E-state index contributed by atoms with van der Waals surface area (Å²) in [7, 11) is 0. The Kier molecular flexibility index (Phi) is 5.69. The summed E-state index contributed by atoms with van der Waals surface area (Å²) in [5, 5.41) is 7.81. The van der Waals surface area contributed by atoms with E-state index >= 15 is 0 Å². The molecule has 5 rings (SSSR count). The third-order valence-corrected chi connectivity index (χ3v) is 6.11. The van der Waals surface area contributed by atoms with Gasteiger partial charge in [-0.05, 0) is 19.1 Å². The Morgan fingerprint density at radius 3 is 2.71 bits per heavy atom. The number of nitrogens with one attached hydrogen (secondary N) is 1. The molecule has 2 amide bonds. The molecule has 31 heavy (non-hydrogen) atoms. The number of nitrogens with zero attached hydrogens (tertiary/aromatic N) is 4. The fraction of sp³-hybridized carbons (Fsp3) is 0.545. The number of fused-ring (bicyclic) bond motifs is 2. The van der Waals surface area contributed by atoms with Crippen molar-refractivity contribution in [3.05, 3.63) is 35.2 Å². The number of benzene rings is 1. The molecule has 9 nitrogen and oxygen atoms in total. The van der Waals surface area contributed by atoms with Crippen molar-refractivity contribution in [1.29, 1.82) is 0 Å². The average Bonchev–Trinajstić information content (AvgIpc) is 3.17. The number of carbonyl (C=O) groups is 1. The minimum atomic E-state index is -0.0858. The summed E-state index contributed by atoms with van der Waals surface area (Å²) in [5.74, 6) is 1.39. The number of aryl methyl sites for hydroxylation is 1. The largest absolute Gasteiger partial charge is 0.486 e. The predicted octanol–water partition coefficient (Wildman–Crippen LogP) is 2.10. The van der Waals surface area contributed by atoms with Gasteiger partial charge in [-0.1, -0.05) is 0 Å². The van der Waals surface area contributed by atoms with Crippen LogP contribution in [0, 0.1) is 0 Å². The molecule has 2 aromatic rings. The molecule has 0 spiro atoms. The second kappa shape index (κ2) is 8.76. The highest BCUT2D eigenvalue weighted by Gasteiger charge is 2.26. The van der Waals surface area contributed by atoms with Gasteiger partial charge in [0.1, 0.15) is 13.2 Å². The predicted molar refractivity (Wildman–Crippen MR) is 115 cm³/mol. The van der Waals surface area contributed by atoms with Gasteiger partial charge in [-0.3, -0.25) is 9.58 Å². The number of hydrogen-bond donors (Lipinski definition) is 1. The standard InChI is InChI=1S/C22H29N5O4/c1-2-27-19-5-10-29-15-17(19)18(24-27)14-25-6-8-26(9-7-25)22(28)23-16-3-4-20-21(13-16)31-12-11-30-20/h3-4,13H,2,5-12,14-15H2,1H3,(H,23,28). The molecule has 0 unspecified atom stereocenters. The molecule has 0 atom stereocenters. The molecule has 9 heteroatoms. The molecule has 1 aromatic carbocycles. The van der Waals surface area contributed by atoms with E-state index < -0.39 is 0 Å². The molecule has 0 aliphatic carbocycles. The lowest BCUT2D eigenvalue weighted by molar-refractivity contribution is 0.106. The highest BCUT2D eigenvalue weighted by molar-refractivity contribution is 5.89. The van der Waals surface area contributed by atoms with Crippen LogP contribution in [0.25, 0.3) is 0 Å². The molecule has 3 aliphatic rings. The second-order valence-corrected chi connectivity index (χ2v) is 8.04. The lowest BCUT2D eigenvalue weighted by Gasteiger charge is -2.34. The molecule has 1 N–H and O–H groups in total. The zero-order valence-electron chi connectivity index (χ0n) is 17.9. The Morgan fingerprint density at radius 2 is 1.90 bits per heavy atom. The van der Waals surface area contributed by atoms with E-state index in [9.17, 15) is 4.79 Å². The van der Waals surface area contributed by atoms with Crippen molar-refractivity contribution >= 4 is 11.7 Å². The summed E-state index contributed by atoms with van der Waals surface area (Å²) >= 11 is 0. The molecule has 166 valence electrons. The van der Waals surface area contributed by atoms with Gasteiger partial charge in [-0.2, -0.15) is 5.10 Å².